The number of rotatable bonds is 6. The van der Waals surface area contributed by atoms with Crippen LogP contribution >= 0.6 is 11.3 Å². The summed E-state index contributed by atoms with van der Waals surface area (Å²) in [6.45, 7) is 0.833. The number of amides is 1. The largest absolute Gasteiger partial charge is 0.347 e. The van der Waals surface area contributed by atoms with Gasteiger partial charge in [-0.1, -0.05) is 42.5 Å². The molecule has 4 rings (SSSR count). The molecule has 4 nitrogen and oxygen atoms in total. The molecule has 0 spiro atoms. The smallest absolute Gasteiger partial charge is 0.227 e. The Bertz CT molecular complexity index is 885. The van der Waals surface area contributed by atoms with Crippen molar-refractivity contribution in [3.63, 3.8) is 0 Å². The van der Waals surface area contributed by atoms with Crippen LogP contribution in [0.5, 0.6) is 0 Å². The van der Waals surface area contributed by atoms with Gasteiger partial charge >= 0.3 is 0 Å². The number of nitrogens with one attached hydrogen (secondary N) is 1. The monoisotopic (exact) mass is 363 g/mol. The minimum Gasteiger partial charge on any atom is -0.347 e. The van der Waals surface area contributed by atoms with E-state index in [1.54, 1.807) is 11.3 Å². The number of carbonyl (C=O) groups is 1. The van der Waals surface area contributed by atoms with Crippen molar-refractivity contribution >= 4 is 28.1 Å². The highest BCUT2D eigenvalue weighted by atomic mass is 32.1. The maximum atomic E-state index is 11.8. The molecule has 1 aliphatic rings. The van der Waals surface area contributed by atoms with Crippen LogP contribution in [0.4, 0.5) is 10.8 Å². The molecule has 0 bridgehead atoms. The van der Waals surface area contributed by atoms with E-state index in [9.17, 15) is 4.79 Å². The normalized spacial score (nSPS) is 13.4. The minimum atomic E-state index is 0.135. The van der Waals surface area contributed by atoms with Crippen LogP contribution in [0.25, 0.3) is 11.3 Å². The predicted octanol–water partition coefficient (Wildman–Crippen LogP) is 4.80. The molecule has 2 aromatic carbocycles. The minimum absolute atomic E-state index is 0.135. The Hall–Kier alpha value is -2.66. The van der Waals surface area contributed by atoms with Gasteiger partial charge in [-0.15, -0.1) is 11.3 Å². The van der Waals surface area contributed by atoms with Crippen molar-refractivity contribution in [2.75, 3.05) is 17.3 Å². The third-order valence-electron chi connectivity index (χ3n) is 4.48. The van der Waals surface area contributed by atoms with E-state index in [2.05, 4.69) is 46.9 Å². The molecule has 1 aromatic heterocycles. The highest BCUT2D eigenvalue weighted by Gasteiger charge is 2.29. The van der Waals surface area contributed by atoms with Crippen LogP contribution in [0.1, 0.15) is 18.4 Å². The summed E-state index contributed by atoms with van der Waals surface area (Å²) < 4.78 is 0. The number of hydrogen-bond acceptors (Lipinski definition) is 4. The number of thiazole rings is 1. The molecule has 5 heteroatoms. The van der Waals surface area contributed by atoms with E-state index >= 15 is 0 Å². The van der Waals surface area contributed by atoms with E-state index < -0.39 is 0 Å². The zero-order valence-corrected chi connectivity index (χ0v) is 15.5. The summed E-state index contributed by atoms with van der Waals surface area (Å²) in [5, 5.41) is 6.04. The first-order valence-electron chi connectivity index (χ1n) is 8.81. The summed E-state index contributed by atoms with van der Waals surface area (Å²) in [5.74, 6) is 0.354. The third kappa shape index (κ3) is 3.94. The molecule has 1 saturated carbocycles. The topological polar surface area (TPSA) is 45.2 Å². The molecule has 0 saturated heterocycles. The zero-order valence-electron chi connectivity index (χ0n) is 14.7. The van der Waals surface area contributed by atoms with Crippen LogP contribution < -0.4 is 10.2 Å². The van der Waals surface area contributed by atoms with Gasteiger partial charge in [-0.3, -0.25) is 4.79 Å². The fourth-order valence-electron chi connectivity index (χ4n) is 2.81. The maximum absolute atomic E-state index is 11.8. The van der Waals surface area contributed by atoms with Crippen molar-refractivity contribution in [1.82, 2.24) is 4.98 Å². The Balaban J connectivity index is 1.42. The van der Waals surface area contributed by atoms with Crippen molar-refractivity contribution in [3.05, 3.63) is 65.5 Å². The van der Waals surface area contributed by atoms with Crippen LogP contribution in [-0.2, 0) is 11.3 Å². The zero-order chi connectivity index (χ0) is 17.9. The van der Waals surface area contributed by atoms with E-state index in [-0.39, 0.29) is 11.8 Å². The molecular formula is C21H21N3OS. The molecule has 1 fully saturated rings. The van der Waals surface area contributed by atoms with Gasteiger partial charge in [0.05, 0.1) is 5.69 Å². The maximum Gasteiger partial charge on any atom is 0.227 e. The number of aromatic nitrogens is 1. The molecule has 1 amide bonds. The molecule has 3 aromatic rings. The molecule has 1 aliphatic carbocycles. The van der Waals surface area contributed by atoms with Crippen LogP contribution in [0.2, 0.25) is 0 Å². The molecule has 0 atom stereocenters. The van der Waals surface area contributed by atoms with Crippen LogP contribution in [0.15, 0.2) is 60.0 Å². The lowest BCUT2D eigenvalue weighted by Crippen LogP contribution is -2.15. The van der Waals surface area contributed by atoms with Gasteiger partial charge in [0, 0.05) is 36.1 Å². The molecular weight excluding hydrogens is 342 g/mol. The van der Waals surface area contributed by atoms with E-state index in [0.29, 0.717) is 0 Å². The van der Waals surface area contributed by atoms with E-state index in [1.807, 2.05) is 30.3 Å². The lowest BCUT2D eigenvalue weighted by atomic mass is 10.1. The summed E-state index contributed by atoms with van der Waals surface area (Å²) in [5.41, 5.74) is 4.14. The lowest BCUT2D eigenvalue weighted by molar-refractivity contribution is -0.117. The summed E-state index contributed by atoms with van der Waals surface area (Å²) in [6.07, 6.45) is 2.03. The molecule has 1 N–H and O–H groups in total. The average molecular weight is 363 g/mol. The predicted molar refractivity (Wildman–Crippen MR) is 107 cm³/mol. The standard InChI is InChI=1S/C21H21N3OS/c1-24(13-15-5-3-2-4-6-15)21-23-19(14-26-21)16-9-11-18(12-10-16)22-20(25)17-7-8-17/h2-6,9-12,14,17H,7-8,13H2,1H3,(H,22,25). The number of anilines is 2. The quantitative estimate of drug-likeness (QED) is 0.684. The van der Waals surface area contributed by atoms with Gasteiger partial charge in [-0.25, -0.2) is 4.98 Å². The van der Waals surface area contributed by atoms with Crippen molar-refractivity contribution in [2.24, 2.45) is 5.92 Å². The van der Waals surface area contributed by atoms with Gasteiger partial charge in [0.2, 0.25) is 5.91 Å². The van der Waals surface area contributed by atoms with Gasteiger partial charge in [0.25, 0.3) is 0 Å². The van der Waals surface area contributed by atoms with Crippen LogP contribution in [0.3, 0.4) is 0 Å². The number of nitrogens with zero attached hydrogens (tertiary/aromatic N) is 2. The fourth-order valence-corrected chi connectivity index (χ4v) is 3.61. The van der Waals surface area contributed by atoms with E-state index in [0.717, 1.165) is 41.5 Å². The second-order valence-electron chi connectivity index (χ2n) is 6.70. The second-order valence-corrected chi connectivity index (χ2v) is 7.53. The van der Waals surface area contributed by atoms with Crippen molar-refractivity contribution in [2.45, 2.75) is 19.4 Å². The van der Waals surface area contributed by atoms with Crippen molar-refractivity contribution in [1.29, 1.82) is 0 Å². The summed E-state index contributed by atoms with van der Waals surface area (Å²) in [7, 11) is 2.06. The Morgan fingerprint density at radius 3 is 2.58 bits per heavy atom. The first kappa shape index (κ1) is 16.8. The van der Waals surface area contributed by atoms with Crippen molar-refractivity contribution < 1.29 is 4.79 Å². The van der Waals surface area contributed by atoms with Gasteiger partial charge in [-0.05, 0) is 30.5 Å². The summed E-state index contributed by atoms with van der Waals surface area (Å²) in [4.78, 5) is 18.8. The van der Waals surface area contributed by atoms with Crippen LogP contribution in [0, 0.1) is 5.92 Å². The molecule has 0 unspecified atom stereocenters. The molecule has 1 heterocycles. The first-order valence-corrected chi connectivity index (χ1v) is 9.69. The first-order chi connectivity index (χ1) is 12.7. The third-order valence-corrected chi connectivity index (χ3v) is 5.43. The van der Waals surface area contributed by atoms with E-state index in [1.165, 1.54) is 5.56 Å². The SMILES string of the molecule is CN(Cc1ccccc1)c1nc(-c2ccc(NC(=O)C3CC3)cc2)cs1. The molecule has 26 heavy (non-hydrogen) atoms. The Morgan fingerprint density at radius 1 is 1.15 bits per heavy atom. The average Bonchev–Trinajstić information content (AvgIpc) is 3.40. The lowest BCUT2D eigenvalue weighted by Gasteiger charge is -2.15. The highest BCUT2D eigenvalue weighted by molar-refractivity contribution is 7.14. The van der Waals surface area contributed by atoms with E-state index in [4.69, 9.17) is 4.98 Å². The molecule has 0 radical (unpaired) electrons. The number of benzene rings is 2. The number of carbonyl (C=O) groups excluding carboxylic acids is 1. The Kier molecular flexibility index (Phi) is 4.71. The van der Waals surface area contributed by atoms with Crippen molar-refractivity contribution in [3.8, 4) is 11.3 Å². The van der Waals surface area contributed by atoms with Gasteiger partial charge in [0.15, 0.2) is 5.13 Å². The summed E-state index contributed by atoms with van der Waals surface area (Å²) in [6, 6.07) is 18.3. The van der Waals surface area contributed by atoms with Crippen LogP contribution in [-0.4, -0.2) is 17.9 Å². The second kappa shape index (κ2) is 7.30. The Morgan fingerprint density at radius 2 is 1.88 bits per heavy atom. The fraction of sp³-hybridized carbons (Fsp3) is 0.238. The summed E-state index contributed by atoms with van der Waals surface area (Å²) >= 11 is 1.64. The van der Waals surface area contributed by atoms with Gasteiger partial charge < -0.3 is 10.2 Å². The Labute approximate surface area is 157 Å². The molecule has 0 aliphatic heterocycles. The highest BCUT2D eigenvalue weighted by Crippen LogP contribution is 2.31. The molecule has 132 valence electrons. The van der Waals surface area contributed by atoms with Gasteiger partial charge in [0.1, 0.15) is 0 Å². The van der Waals surface area contributed by atoms with Gasteiger partial charge in [-0.2, -0.15) is 0 Å². The number of hydrogen-bond donors (Lipinski definition) is 1.